The van der Waals surface area contributed by atoms with Gasteiger partial charge in [0.1, 0.15) is 16.8 Å². The summed E-state index contributed by atoms with van der Waals surface area (Å²) in [6.07, 6.45) is 1.74. The van der Waals surface area contributed by atoms with Crippen molar-refractivity contribution in [1.82, 2.24) is 14.9 Å². The lowest BCUT2D eigenvalue weighted by Crippen LogP contribution is -2.43. The number of likely N-dealkylation sites (tertiary alicyclic amines) is 1. The number of hydrogen-bond acceptors (Lipinski definition) is 5. The van der Waals surface area contributed by atoms with E-state index in [0.29, 0.717) is 35.5 Å². The van der Waals surface area contributed by atoms with Crippen LogP contribution >= 0.6 is 11.6 Å². The van der Waals surface area contributed by atoms with Gasteiger partial charge in [-0.05, 0) is 32.9 Å². The molecule has 0 spiro atoms. The molecule has 5 nitrogen and oxygen atoms in total. The molecule has 1 aliphatic rings. The van der Waals surface area contributed by atoms with Crippen LogP contribution in [-0.4, -0.2) is 47.3 Å². The first-order chi connectivity index (χ1) is 9.01. The summed E-state index contributed by atoms with van der Waals surface area (Å²) in [7, 11) is 2.12. The quantitative estimate of drug-likeness (QED) is 0.679. The van der Waals surface area contributed by atoms with Gasteiger partial charge in [-0.3, -0.25) is 4.79 Å². The van der Waals surface area contributed by atoms with Crippen LogP contribution < -0.4 is 5.32 Å². The van der Waals surface area contributed by atoms with E-state index < -0.39 is 0 Å². The molecular formula is C13H19ClN4O. The number of halogens is 1. The number of nitrogens with zero attached hydrogens (tertiary/aromatic N) is 3. The van der Waals surface area contributed by atoms with Crippen molar-refractivity contribution >= 4 is 23.7 Å². The highest BCUT2D eigenvalue weighted by molar-refractivity contribution is 6.32. The number of piperidine rings is 1. The molecule has 1 aromatic rings. The van der Waals surface area contributed by atoms with Crippen molar-refractivity contribution in [3.63, 3.8) is 0 Å². The molecule has 2 atom stereocenters. The van der Waals surface area contributed by atoms with Crippen LogP contribution in [-0.2, 0) is 0 Å². The Morgan fingerprint density at radius 2 is 2.21 bits per heavy atom. The molecule has 0 radical (unpaired) electrons. The van der Waals surface area contributed by atoms with Crippen LogP contribution in [0.15, 0.2) is 0 Å². The minimum atomic E-state index is 0.214. The second kappa shape index (κ2) is 5.84. The summed E-state index contributed by atoms with van der Waals surface area (Å²) < 4.78 is 0. The Morgan fingerprint density at radius 1 is 1.47 bits per heavy atom. The van der Waals surface area contributed by atoms with Crippen LogP contribution in [0, 0.1) is 12.8 Å². The molecule has 1 aliphatic heterocycles. The maximum Gasteiger partial charge on any atom is 0.156 e. The van der Waals surface area contributed by atoms with E-state index >= 15 is 0 Å². The van der Waals surface area contributed by atoms with Gasteiger partial charge < -0.3 is 10.2 Å². The summed E-state index contributed by atoms with van der Waals surface area (Å²) in [4.78, 5) is 21.7. The van der Waals surface area contributed by atoms with Crippen molar-refractivity contribution in [2.75, 3.05) is 25.5 Å². The average molecular weight is 283 g/mol. The maximum atomic E-state index is 11.1. The number of nitrogens with one attached hydrogen (secondary N) is 1. The number of anilines is 1. The predicted molar refractivity (Wildman–Crippen MR) is 75.9 cm³/mol. The minimum Gasteiger partial charge on any atom is -0.366 e. The van der Waals surface area contributed by atoms with E-state index in [1.165, 1.54) is 0 Å². The number of aldehydes is 1. The number of rotatable bonds is 3. The number of carbonyl (C=O) groups excluding carboxylic acids is 1. The molecule has 0 aliphatic carbocycles. The average Bonchev–Trinajstić information content (AvgIpc) is 2.32. The van der Waals surface area contributed by atoms with E-state index in [1.807, 2.05) is 0 Å². The fourth-order valence-corrected chi connectivity index (χ4v) is 2.76. The molecule has 0 amide bonds. The zero-order chi connectivity index (χ0) is 14.0. The van der Waals surface area contributed by atoms with Crippen LogP contribution in [0.5, 0.6) is 0 Å². The third kappa shape index (κ3) is 3.22. The first kappa shape index (κ1) is 14.2. The molecule has 1 saturated heterocycles. The van der Waals surface area contributed by atoms with Crippen LogP contribution in [0.3, 0.4) is 0 Å². The van der Waals surface area contributed by atoms with Gasteiger partial charge in [0, 0.05) is 12.6 Å². The molecule has 1 fully saturated rings. The number of aromatic nitrogens is 2. The molecule has 2 unspecified atom stereocenters. The van der Waals surface area contributed by atoms with Gasteiger partial charge in [-0.25, -0.2) is 9.97 Å². The van der Waals surface area contributed by atoms with Crippen molar-refractivity contribution in [2.24, 2.45) is 5.92 Å². The molecule has 19 heavy (non-hydrogen) atoms. The molecule has 2 heterocycles. The van der Waals surface area contributed by atoms with Crippen molar-refractivity contribution < 1.29 is 4.79 Å². The standard InChI is InChI=1S/C13H19ClN4O/c1-8-6-18(3)5-4-11(8)17-13-10(7-19)12(14)15-9(2)16-13/h7-8,11H,4-6H2,1-3H3,(H,15,16,17). The minimum absolute atomic E-state index is 0.214. The Balaban J connectivity index is 2.21. The Morgan fingerprint density at radius 3 is 2.84 bits per heavy atom. The first-order valence-corrected chi connectivity index (χ1v) is 6.83. The van der Waals surface area contributed by atoms with Gasteiger partial charge in [-0.1, -0.05) is 18.5 Å². The lowest BCUT2D eigenvalue weighted by Gasteiger charge is -2.35. The van der Waals surface area contributed by atoms with Crippen LogP contribution in [0.2, 0.25) is 5.15 Å². The monoisotopic (exact) mass is 282 g/mol. The fraction of sp³-hybridized carbons (Fsp3) is 0.615. The smallest absolute Gasteiger partial charge is 0.156 e. The molecule has 0 saturated carbocycles. The summed E-state index contributed by atoms with van der Waals surface area (Å²) in [6.45, 7) is 6.04. The van der Waals surface area contributed by atoms with Crippen LogP contribution in [0.1, 0.15) is 29.5 Å². The van der Waals surface area contributed by atoms with E-state index in [1.54, 1.807) is 6.92 Å². The van der Waals surface area contributed by atoms with Crippen molar-refractivity contribution in [3.05, 3.63) is 16.5 Å². The Kier molecular flexibility index (Phi) is 4.37. The Bertz CT molecular complexity index is 480. The molecule has 2 rings (SSSR count). The summed E-state index contributed by atoms with van der Waals surface area (Å²) in [5.74, 6) is 1.61. The van der Waals surface area contributed by atoms with Crippen molar-refractivity contribution in [2.45, 2.75) is 26.3 Å². The zero-order valence-electron chi connectivity index (χ0n) is 11.5. The molecule has 0 bridgehead atoms. The summed E-state index contributed by atoms with van der Waals surface area (Å²) in [6, 6.07) is 0.306. The SMILES string of the molecule is Cc1nc(Cl)c(C=O)c(NC2CCN(C)CC2C)n1. The second-order valence-electron chi connectivity index (χ2n) is 5.22. The Labute approximate surface area is 118 Å². The highest BCUT2D eigenvalue weighted by Gasteiger charge is 2.25. The van der Waals surface area contributed by atoms with Gasteiger partial charge >= 0.3 is 0 Å². The van der Waals surface area contributed by atoms with Gasteiger partial charge in [-0.2, -0.15) is 0 Å². The summed E-state index contributed by atoms with van der Waals surface area (Å²) in [5.41, 5.74) is 0.346. The molecular weight excluding hydrogens is 264 g/mol. The third-order valence-corrected chi connectivity index (χ3v) is 3.85. The van der Waals surface area contributed by atoms with Crippen LogP contribution in [0.4, 0.5) is 5.82 Å². The van der Waals surface area contributed by atoms with E-state index in [4.69, 9.17) is 11.6 Å². The fourth-order valence-electron chi connectivity index (χ4n) is 2.51. The summed E-state index contributed by atoms with van der Waals surface area (Å²) in [5, 5.41) is 3.57. The molecule has 104 valence electrons. The number of hydrogen-bond donors (Lipinski definition) is 1. The number of aryl methyl sites for hydroxylation is 1. The molecule has 0 aromatic carbocycles. The lowest BCUT2D eigenvalue weighted by molar-refractivity contribution is 0.112. The number of carbonyl (C=O) groups is 1. The van der Waals surface area contributed by atoms with Gasteiger partial charge in [-0.15, -0.1) is 0 Å². The predicted octanol–water partition coefficient (Wildman–Crippen LogP) is 2.00. The molecule has 1 N–H and O–H groups in total. The maximum absolute atomic E-state index is 11.1. The highest BCUT2D eigenvalue weighted by Crippen LogP contribution is 2.24. The van der Waals surface area contributed by atoms with Gasteiger partial charge in [0.15, 0.2) is 6.29 Å². The largest absolute Gasteiger partial charge is 0.366 e. The normalized spacial score (nSPS) is 24.2. The van der Waals surface area contributed by atoms with Gasteiger partial charge in [0.2, 0.25) is 0 Å². The Hall–Kier alpha value is -1.20. The van der Waals surface area contributed by atoms with E-state index in [9.17, 15) is 4.79 Å². The second-order valence-corrected chi connectivity index (χ2v) is 5.58. The lowest BCUT2D eigenvalue weighted by atomic mass is 9.94. The van der Waals surface area contributed by atoms with E-state index in [0.717, 1.165) is 19.5 Å². The van der Waals surface area contributed by atoms with E-state index in [-0.39, 0.29) is 5.15 Å². The zero-order valence-corrected chi connectivity index (χ0v) is 12.2. The van der Waals surface area contributed by atoms with E-state index in [2.05, 4.69) is 34.2 Å². The van der Waals surface area contributed by atoms with Crippen molar-refractivity contribution in [3.8, 4) is 0 Å². The topological polar surface area (TPSA) is 58.1 Å². The van der Waals surface area contributed by atoms with Crippen molar-refractivity contribution in [1.29, 1.82) is 0 Å². The third-order valence-electron chi connectivity index (χ3n) is 3.56. The van der Waals surface area contributed by atoms with Crippen LogP contribution in [0.25, 0.3) is 0 Å². The van der Waals surface area contributed by atoms with Gasteiger partial charge in [0.25, 0.3) is 0 Å². The van der Waals surface area contributed by atoms with Gasteiger partial charge in [0.05, 0.1) is 5.56 Å². The first-order valence-electron chi connectivity index (χ1n) is 6.45. The summed E-state index contributed by atoms with van der Waals surface area (Å²) >= 11 is 5.98. The highest BCUT2D eigenvalue weighted by atomic mass is 35.5. The molecule has 6 heteroatoms. The molecule has 1 aromatic heterocycles.